The van der Waals surface area contributed by atoms with E-state index in [4.69, 9.17) is 37.9 Å². The third kappa shape index (κ3) is 15.7. The number of hydrogen-bond acceptors (Lipinski definition) is 16. The number of nitrogens with zero attached hydrogens (tertiary/aromatic N) is 4. The summed E-state index contributed by atoms with van der Waals surface area (Å²) in [5, 5.41) is 3.66. The van der Waals surface area contributed by atoms with Crippen LogP contribution in [0.15, 0.2) is 121 Å². The number of carbonyl (C=O) groups excluding carboxylic acids is 6. The minimum atomic E-state index is -5.61. The lowest BCUT2D eigenvalue weighted by Crippen LogP contribution is -2.60. The zero-order valence-electron chi connectivity index (χ0n) is 64.3. The summed E-state index contributed by atoms with van der Waals surface area (Å²) in [6.45, 7) is 26.8. The van der Waals surface area contributed by atoms with Crippen LogP contribution in [0, 0.1) is 0 Å². The van der Waals surface area contributed by atoms with E-state index in [1.165, 1.54) is 0 Å². The molecule has 6 atom stereocenters. The molecular weight excluding hydrogens is 1450 g/mol. The smallest absolute Gasteiger partial charge is 0.418 e. The van der Waals surface area contributed by atoms with Gasteiger partial charge < -0.3 is 48.5 Å². The topological polar surface area (TPSA) is 226 Å². The Morgan fingerprint density at radius 1 is 0.375 bits per heavy atom. The number of halogens is 6. The predicted octanol–water partition coefficient (Wildman–Crippen LogP) is 15.6. The molecular formula is C86H88F6N6O14. The van der Waals surface area contributed by atoms with Crippen LogP contribution < -0.4 is 29.6 Å². The fourth-order valence-electron chi connectivity index (χ4n) is 15.0. The predicted molar refractivity (Wildman–Crippen MR) is 407 cm³/mol. The van der Waals surface area contributed by atoms with Crippen LogP contribution in [0.25, 0.3) is 43.1 Å². The van der Waals surface area contributed by atoms with Crippen molar-refractivity contribution in [3.05, 3.63) is 166 Å². The van der Waals surface area contributed by atoms with Gasteiger partial charge in [-0.2, -0.15) is 26.3 Å². The first-order chi connectivity index (χ1) is 52.8. The fraction of sp³-hybridized carbons (Fsp3) is 0.419. The highest BCUT2D eigenvalue weighted by atomic mass is 19.4. The maximum atomic E-state index is 16.4. The number of alkyl halides is 6. The molecule has 4 saturated heterocycles. The van der Waals surface area contributed by atoms with E-state index < -0.39 is 104 Å². The Labute approximate surface area is 643 Å². The van der Waals surface area contributed by atoms with Gasteiger partial charge in [0.05, 0.1) is 73.1 Å². The maximum absolute atomic E-state index is 16.4. The van der Waals surface area contributed by atoms with Crippen LogP contribution in [0.3, 0.4) is 0 Å². The van der Waals surface area contributed by atoms with Gasteiger partial charge in [-0.25, -0.2) is 0 Å². The van der Waals surface area contributed by atoms with Gasteiger partial charge in [0.15, 0.2) is 0 Å². The van der Waals surface area contributed by atoms with Crippen LogP contribution in [0.2, 0.25) is 0 Å². The maximum Gasteiger partial charge on any atom is 0.418 e. The van der Waals surface area contributed by atoms with Crippen LogP contribution in [0.1, 0.15) is 147 Å². The Hall–Kier alpha value is -9.96. The Morgan fingerprint density at radius 3 is 0.777 bits per heavy atom. The van der Waals surface area contributed by atoms with Crippen LogP contribution in [-0.4, -0.2) is 183 Å². The summed E-state index contributed by atoms with van der Waals surface area (Å²) < 4.78 is 148. The van der Waals surface area contributed by atoms with Crippen molar-refractivity contribution in [3.63, 3.8) is 0 Å². The fourth-order valence-corrected chi connectivity index (χ4v) is 15.0. The summed E-state index contributed by atoms with van der Waals surface area (Å²) in [6, 6.07) is 25.1. The Bertz CT molecular complexity index is 4620. The summed E-state index contributed by atoms with van der Waals surface area (Å²) >= 11 is 0. The lowest BCUT2D eigenvalue weighted by atomic mass is 9.80. The largest absolute Gasteiger partial charge is 0.457 e. The highest BCUT2D eigenvalue weighted by Crippen LogP contribution is 2.59. The number of epoxide rings is 4. The average molecular weight is 1540 g/mol. The van der Waals surface area contributed by atoms with Gasteiger partial charge in [0.2, 0.25) is 12.1 Å². The SMILES string of the molecule is CC(C)(C)c1ccc(Oc2cc3c4c(cc(Oc5ccc(C(C)(C)C)cc5)c5c6c(Oc7ccc(C(C)(C)C)cc7)cc7c8c(cc(Oc9ccc(C(C)(C)C)cc9)c(c2c45)c86)C(=O)N(C(C(=O)NCCN(CC2CO2)CC2CO2)C(F)(F)F)C7=O)C(=O)N(C(C(=O)NCCN(CC2CO2)CC2CO2)C(F)(F)F)C3=O)cc1. The summed E-state index contributed by atoms with van der Waals surface area (Å²) in [7, 11) is 0. The number of amides is 6. The van der Waals surface area contributed by atoms with Gasteiger partial charge in [0, 0.05) is 95.4 Å². The van der Waals surface area contributed by atoms with E-state index in [1.807, 2.05) is 92.9 Å². The normalized spacial score (nSPS) is 19.0. The molecule has 15 rings (SSSR count). The molecule has 6 aliphatic heterocycles. The molecule has 9 aromatic rings. The molecule has 6 unspecified atom stereocenters. The molecule has 0 aliphatic carbocycles. The van der Waals surface area contributed by atoms with Gasteiger partial charge in [-0.3, -0.25) is 48.4 Å². The second kappa shape index (κ2) is 28.6. The van der Waals surface area contributed by atoms with Gasteiger partial charge in [-0.05, 0) is 117 Å². The molecule has 588 valence electrons. The number of imide groups is 2. The second-order valence-electron chi connectivity index (χ2n) is 34.0. The summed E-state index contributed by atoms with van der Waals surface area (Å²) in [5.41, 5.74) is -0.498. The number of benzene rings is 9. The highest BCUT2D eigenvalue weighted by molar-refractivity contribution is 6.45. The molecule has 0 spiro atoms. The standard InChI is InChI=1S/C86H88F6N6O14/c1-81(2,3)45-13-21-49(22-14-45)109-61-33-57-65-58(78(102)97(77(57)101)73(85(87,88)89)75(99)93-29-31-95(37-53-41-105-53)38-54-42-106-54)35-63(111-51-25-17-47(18-26-51)83(7,8)9)69-70-64(112-52-27-19-48(20-28-52)84(10,11)12)36-60-66-59(34-62(68(72(66)70)67(61)71(65)69)110-50-23-15-46(16-24-50)82(4,5)6)79(103)98(80(60)104)74(86(90,91)92)76(100)94-30-32-96(39-55-43-107-55)40-56-44-108-56/h13-28,33-36,53-56,73-74H,29-32,37-44H2,1-12H3,(H,93,99)(H,94,100). The van der Waals surface area contributed by atoms with Crippen LogP contribution in [-0.2, 0) is 50.2 Å². The third-order valence-corrected chi connectivity index (χ3v) is 21.3. The lowest BCUT2D eigenvalue weighted by molar-refractivity contribution is -0.181. The van der Waals surface area contributed by atoms with E-state index in [9.17, 15) is 9.59 Å². The van der Waals surface area contributed by atoms with E-state index in [0.717, 1.165) is 46.5 Å². The number of hydrogen-bond donors (Lipinski definition) is 2. The zero-order valence-corrected chi connectivity index (χ0v) is 64.3. The molecule has 6 amide bonds. The second-order valence-corrected chi connectivity index (χ2v) is 34.0. The Balaban J connectivity index is 1.02. The first-order valence-corrected chi connectivity index (χ1v) is 37.6. The highest BCUT2D eigenvalue weighted by Gasteiger charge is 2.57. The van der Waals surface area contributed by atoms with Crippen molar-refractivity contribution in [2.24, 2.45) is 0 Å². The molecule has 20 nitrogen and oxygen atoms in total. The number of carbonyl (C=O) groups is 6. The zero-order chi connectivity index (χ0) is 79.8. The van der Waals surface area contributed by atoms with Crippen LogP contribution in [0.4, 0.5) is 26.3 Å². The van der Waals surface area contributed by atoms with Crippen molar-refractivity contribution < 1.29 is 93.0 Å². The van der Waals surface area contributed by atoms with Crippen LogP contribution in [0.5, 0.6) is 46.0 Å². The summed E-state index contributed by atoms with van der Waals surface area (Å²) in [6.07, 6.45) is -11.7. The van der Waals surface area contributed by atoms with Crippen LogP contribution >= 0.6 is 0 Å². The number of nitrogens with one attached hydrogen (secondary N) is 2. The Morgan fingerprint density at radius 2 is 0.589 bits per heavy atom. The molecule has 112 heavy (non-hydrogen) atoms. The van der Waals surface area contributed by atoms with Crippen molar-refractivity contribution in [3.8, 4) is 46.0 Å². The van der Waals surface area contributed by atoms with Crippen molar-refractivity contribution in [2.45, 2.75) is 154 Å². The van der Waals surface area contributed by atoms with Gasteiger partial charge >= 0.3 is 12.4 Å². The van der Waals surface area contributed by atoms with Gasteiger partial charge in [-0.1, -0.05) is 132 Å². The van der Waals surface area contributed by atoms with E-state index in [0.29, 0.717) is 52.6 Å². The molecule has 0 bridgehead atoms. The molecule has 0 radical (unpaired) electrons. The van der Waals surface area contributed by atoms with E-state index in [2.05, 4.69) is 10.6 Å². The molecule has 0 aromatic heterocycles. The number of rotatable bonds is 26. The molecule has 0 saturated carbocycles. The van der Waals surface area contributed by atoms with Crippen molar-refractivity contribution in [1.29, 1.82) is 0 Å². The summed E-state index contributed by atoms with van der Waals surface area (Å²) in [4.78, 5) is 97.3. The van der Waals surface area contributed by atoms with Gasteiger partial charge in [-0.15, -0.1) is 0 Å². The van der Waals surface area contributed by atoms with Crippen molar-refractivity contribution >= 4 is 78.5 Å². The molecule has 26 heteroatoms. The van der Waals surface area contributed by atoms with E-state index in [1.54, 1.807) is 97.1 Å². The molecule has 4 fully saturated rings. The quantitative estimate of drug-likeness (QED) is 0.0169. The number of ether oxygens (including phenoxy) is 8. The lowest BCUT2D eigenvalue weighted by Gasteiger charge is -2.36. The summed E-state index contributed by atoms with van der Waals surface area (Å²) in [5.74, 6) is -10.5. The molecule has 9 aromatic carbocycles. The average Bonchev–Trinajstić information content (AvgIpc) is 1.61. The van der Waals surface area contributed by atoms with Gasteiger partial charge in [0.25, 0.3) is 35.4 Å². The Kier molecular flexibility index (Phi) is 19.8. The van der Waals surface area contributed by atoms with Crippen molar-refractivity contribution in [1.82, 2.24) is 30.2 Å². The van der Waals surface area contributed by atoms with Crippen molar-refractivity contribution in [2.75, 3.05) is 78.8 Å². The minimum Gasteiger partial charge on any atom is -0.457 e. The van der Waals surface area contributed by atoms with Gasteiger partial charge in [0.1, 0.15) is 46.0 Å². The monoisotopic (exact) mass is 1540 g/mol. The first-order valence-electron chi connectivity index (χ1n) is 37.6. The molecule has 2 N–H and O–H groups in total. The van der Waals surface area contributed by atoms with E-state index in [-0.39, 0.29) is 149 Å². The molecule has 6 heterocycles. The third-order valence-electron chi connectivity index (χ3n) is 21.3. The van der Waals surface area contributed by atoms with E-state index >= 15 is 45.5 Å². The minimum absolute atomic E-state index is 0.0546. The molecule has 6 aliphatic rings. The number of fused-ring (bicyclic) bond motifs is 2. The first kappa shape index (κ1) is 77.4.